The van der Waals surface area contributed by atoms with E-state index in [0.29, 0.717) is 0 Å². The van der Waals surface area contributed by atoms with Crippen LogP contribution in [0.15, 0.2) is 44.6 Å². The van der Waals surface area contributed by atoms with Gasteiger partial charge in [-0.25, -0.2) is 0 Å². The van der Waals surface area contributed by atoms with Gasteiger partial charge in [-0.1, -0.05) is 55.4 Å². The van der Waals surface area contributed by atoms with Gasteiger partial charge in [0.15, 0.2) is 0 Å². The van der Waals surface area contributed by atoms with Gasteiger partial charge in [-0.3, -0.25) is 0 Å². The predicted molar refractivity (Wildman–Crippen MR) is 110 cm³/mol. The fraction of sp³-hybridized carbons (Fsp3) is 0.667. The zero-order valence-corrected chi connectivity index (χ0v) is 17.7. The molecule has 1 aliphatic rings. The molecule has 0 heteroatoms. The van der Waals surface area contributed by atoms with Crippen molar-refractivity contribution in [3.63, 3.8) is 0 Å². The van der Waals surface area contributed by atoms with Crippen molar-refractivity contribution >= 4 is 0 Å². The van der Waals surface area contributed by atoms with Gasteiger partial charge >= 0.3 is 0 Å². The van der Waals surface area contributed by atoms with Gasteiger partial charge in [0.05, 0.1) is 0 Å². The first-order valence-corrected chi connectivity index (χ1v) is 10.5. The fourth-order valence-corrected chi connectivity index (χ4v) is 4.87. The van der Waals surface area contributed by atoms with Gasteiger partial charge in [-0.05, 0) is 96.0 Å². The van der Waals surface area contributed by atoms with Crippen molar-refractivity contribution in [2.45, 2.75) is 107 Å². The van der Waals surface area contributed by atoms with Crippen LogP contribution in [0.5, 0.6) is 0 Å². The monoisotopic (exact) mass is 328 g/mol. The van der Waals surface area contributed by atoms with Crippen LogP contribution in [-0.4, -0.2) is 0 Å². The zero-order valence-electron chi connectivity index (χ0n) is 17.7. The Kier molecular flexibility index (Phi) is 8.81. The lowest BCUT2D eigenvalue weighted by molar-refractivity contribution is 0.852. The largest absolute Gasteiger partial charge is 0.0613 e. The molecule has 0 unspecified atom stereocenters. The van der Waals surface area contributed by atoms with Gasteiger partial charge in [0.2, 0.25) is 0 Å². The van der Waals surface area contributed by atoms with Crippen molar-refractivity contribution in [3.8, 4) is 0 Å². The second kappa shape index (κ2) is 10.1. The topological polar surface area (TPSA) is 0 Å². The van der Waals surface area contributed by atoms with Crippen molar-refractivity contribution in [2.24, 2.45) is 0 Å². The minimum atomic E-state index is 1.16. The molecule has 0 fully saturated rings. The molecule has 0 spiro atoms. The lowest BCUT2D eigenvalue weighted by Crippen LogP contribution is -2.10. The van der Waals surface area contributed by atoms with Crippen molar-refractivity contribution in [1.29, 1.82) is 0 Å². The summed E-state index contributed by atoms with van der Waals surface area (Å²) in [6.07, 6.45) is 9.29. The van der Waals surface area contributed by atoms with E-state index in [0.717, 1.165) is 51.4 Å². The Labute approximate surface area is 151 Å². The van der Waals surface area contributed by atoms with Crippen LogP contribution in [0, 0.1) is 0 Å². The van der Waals surface area contributed by atoms with Crippen LogP contribution in [0.25, 0.3) is 0 Å². The van der Waals surface area contributed by atoms with E-state index < -0.39 is 0 Å². The maximum Gasteiger partial charge on any atom is -0.0302 e. The Morgan fingerprint density at radius 3 is 0.375 bits per heavy atom. The third-order valence-corrected chi connectivity index (χ3v) is 5.74. The van der Waals surface area contributed by atoms with E-state index in [4.69, 9.17) is 0 Å². The summed E-state index contributed by atoms with van der Waals surface area (Å²) in [5.74, 6) is 0. The molecule has 0 radical (unpaired) electrons. The summed E-state index contributed by atoms with van der Waals surface area (Å²) in [6, 6.07) is 0. The Balaban J connectivity index is 4.05. The van der Waals surface area contributed by atoms with E-state index >= 15 is 0 Å². The lowest BCUT2D eigenvalue weighted by atomic mass is 9.75. The molecule has 1 rings (SSSR count). The van der Waals surface area contributed by atoms with E-state index in [1.807, 2.05) is 0 Å². The molecule has 0 bridgehead atoms. The molecular formula is C24H40. The molecule has 0 atom stereocenters. The third-order valence-electron chi connectivity index (χ3n) is 5.74. The van der Waals surface area contributed by atoms with Crippen LogP contribution >= 0.6 is 0 Å². The number of hydrogen-bond acceptors (Lipinski definition) is 0. The Morgan fingerprint density at radius 2 is 0.333 bits per heavy atom. The van der Waals surface area contributed by atoms with Crippen molar-refractivity contribution in [3.05, 3.63) is 44.6 Å². The minimum Gasteiger partial charge on any atom is -0.0613 e. The molecule has 0 N–H and O–H groups in total. The van der Waals surface area contributed by atoms with Crippen LogP contribution in [-0.2, 0) is 0 Å². The maximum absolute atomic E-state index is 2.35. The van der Waals surface area contributed by atoms with E-state index in [1.165, 1.54) is 0 Å². The number of rotatable bonds is 8. The summed E-state index contributed by atoms with van der Waals surface area (Å²) in [4.78, 5) is 0. The Bertz CT molecular complexity index is 387. The van der Waals surface area contributed by atoms with E-state index in [1.54, 1.807) is 44.6 Å². The highest BCUT2D eigenvalue weighted by Crippen LogP contribution is 2.43. The average Bonchev–Trinajstić information content (AvgIpc) is 2.61. The van der Waals surface area contributed by atoms with Crippen LogP contribution < -0.4 is 0 Å². The predicted octanol–water partition coefficient (Wildman–Crippen LogP) is 8.47. The molecule has 0 heterocycles. The smallest absolute Gasteiger partial charge is 0.0302 e. The summed E-state index contributed by atoms with van der Waals surface area (Å²) in [6.45, 7) is 18.8. The van der Waals surface area contributed by atoms with Crippen molar-refractivity contribution in [1.82, 2.24) is 0 Å². The van der Waals surface area contributed by atoms with Crippen molar-refractivity contribution in [2.75, 3.05) is 0 Å². The summed E-state index contributed by atoms with van der Waals surface area (Å²) in [5, 5.41) is 0. The summed E-state index contributed by atoms with van der Waals surface area (Å²) in [5.41, 5.74) is 13.2. The standard InChI is InChI=1S/C24H40/c1-9-17-18(10-2)20(12-4)22(14-6)24(16-8)23(15-7)21(13-5)19(17)11-3/h9-16H2,1-8H3/b18-17-,19-17?,20-18?,21-19-,22-20-,23-21?,24-22?,24-23-. The summed E-state index contributed by atoms with van der Waals surface area (Å²) >= 11 is 0. The van der Waals surface area contributed by atoms with Gasteiger partial charge in [0.1, 0.15) is 0 Å². The Hall–Kier alpha value is -1.04. The average molecular weight is 329 g/mol. The Morgan fingerprint density at radius 1 is 0.250 bits per heavy atom. The van der Waals surface area contributed by atoms with Gasteiger partial charge in [0, 0.05) is 0 Å². The second-order valence-electron chi connectivity index (χ2n) is 6.66. The number of hydrogen-bond donors (Lipinski definition) is 0. The molecule has 0 nitrogen and oxygen atoms in total. The molecule has 0 saturated carbocycles. The highest BCUT2D eigenvalue weighted by molar-refractivity contribution is 5.59. The van der Waals surface area contributed by atoms with Crippen LogP contribution in [0.4, 0.5) is 0 Å². The summed E-state index contributed by atoms with van der Waals surface area (Å²) in [7, 11) is 0. The van der Waals surface area contributed by atoms with Gasteiger partial charge in [-0.15, -0.1) is 0 Å². The molecule has 1 aliphatic carbocycles. The number of allylic oxidation sites excluding steroid dienone is 8. The zero-order chi connectivity index (χ0) is 18.3. The SMILES string of the molecule is CCC1=C(CC)/C(CC)=C(CC)\C(CC)=C(CC)/C(CC)=C\1CC. The first kappa shape index (κ1) is 21.0. The second-order valence-corrected chi connectivity index (χ2v) is 6.66. The molecule has 0 aromatic rings. The molecule has 0 amide bonds. The normalized spacial score (nSPS) is 29.0. The molecule has 0 aromatic carbocycles. The molecule has 0 aliphatic heterocycles. The van der Waals surface area contributed by atoms with E-state index in [9.17, 15) is 0 Å². The first-order valence-electron chi connectivity index (χ1n) is 10.5. The van der Waals surface area contributed by atoms with E-state index in [-0.39, 0.29) is 0 Å². The molecule has 0 saturated heterocycles. The highest BCUT2D eigenvalue weighted by atomic mass is 14.3. The van der Waals surface area contributed by atoms with Crippen LogP contribution in [0.3, 0.4) is 0 Å². The molecule has 24 heavy (non-hydrogen) atoms. The van der Waals surface area contributed by atoms with Crippen LogP contribution in [0.2, 0.25) is 0 Å². The minimum absolute atomic E-state index is 1.16. The van der Waals surface area contributed by atoms with Gasteiger partial charge < -0.3 is 0 Å². The lowest BCUT2D eigenvalue weighted by Gasteiger charge is -2.30. The van der Waals surface area contributed by atoms with Gasteiger partial charge in [0.25, 0.3) is 0 Å². The molecule has 0 aromatic heterocycles. The van der Waals surface area contributed by atoms with Crippen molar-refractivity contribution < 1.29 is 0 Å². The molecule has 136 valence electrons. The maximum atomic E-state index is 2.35. The van der Waals surface area contributed by atoms with E-state index in [2.05, 4.69) is 55.4 Å². The summed E-state index contributed by atoms with van der Waals surface area (Å²) < 4.78 is 0. The third kappa shape index (κ3) is 3.79. The highest BCUT2D eigenvalue weighted by Gasteiger charge is 2.23. The van der Waals surface area contributed by atoms with Crippen LogP contribution in [0.1, 0.15) is 107 Å². The first-order chi connectivity index (χ1) is 11.6. The fourth-order valence-electron chi connectivity index (χ4n) is 4.87. The quantitative estimate of drug-likeness (QED) is 0.419. The van der Waals surface area contributed by atoms with Gasteiger partial charge in [-0.2, -0.15) is 0 Å². The molecular weight excluding hydrogens is 288 g/mol.